The lowest BCUT2D eigenvalue weighted by Gasteiger charge is -2.29. The standard InChI is InChI=1S/C13H28N2O3/c1-6-15(11(2)10-18-5)9-7-8-13(3,14-4)12(16)17/h11,14H,6-10H2,1-5H3,(H,16,17). The lowest BCUT2D eigenvalue weighted by Crippen LogP contribution is -2.48. The van der Waals surface area contributed by atoms with E-state index in [0.29, 0.717) is 19.1 Å². The summed E-state index contributed by atoms with van der Waals surface area (Å²) in [5.74, 6) is -0.794. The van der Waals surface area contributed by atoms with Gasteiger partial charge in [0.1, 0.15) is 5.54 Å². The van der Waals surface area contributed by atoms with Crippen LogP contribution in [0, 0.1) is 0 Å². The van der Waals surface area contributed by atoms with Gasteiger partial charge in [0.25, 0.3) is 0 Å². The molecule has 0 spiro atoms. The second-order valence-corrected chi connectivity index (χ2v) is 4.92. The molecule has 18 heavy (non-hydrogen) atoms. The third-order valence-corrected chi connectivity index (χ3v) is 3.58. The Bertz CT molecular complexity index is 248. The number of aliphatic carboxylic acids is 1. The van der Waals surface area contributed by atoms with E-state index in [0.717, 1.165) is 19.5 Å². The molecule has 0 saturated carbocycles. The molecule has 0 heterocycles. The quantitative estimate of drug-likeness (QED) is 0.618. The molecule has 0 fully saturated rings. The van der Waals surface area contributed by atoms with Crippen LogP contribution < -0.4 is 5.32 Å². The Morgan fingerprint density at radius 2 is 2.17 bits per heavy atom. The number of carbonyl (C=O) groups is 1. The first-order chi connectivity index (χ1) is 8.41. The smallest absolute Gasteiger partial charge is 0.323 e. The van der Waals surface area contributed by atoms with E-state index in [1.165, 1.54) is 0 Å². The van der Waals surface area contributed by atoms with Crippen LogP contribution in [0.3, 0.4) is 0 Å². The Balaban J connectivity index is 4.18. The van der Waals surface area contributed by atoms with Crippen molar-refractivity contribution >= 4 is 5.97 Å². The van der Waals surface area contributed by atoms with Crippen molar-refractivity contribution in [1.29, 1.82) is 0 Å². The van der Waals surface area contributed by atoms with Gasteiger partial charge < -0.3 is 15.2 Å². The molecule has 0 bridgehead atoms. The average Bonchev–Trinajstić information content (AvgIpc) is 2.34. The Hall–Kier alpha value is -0.650. The number of likely N-dealkylation sites (N-methyl/N-ethyl adjacent to an activating group) is 2. The monoisotopic (exact) mass is 260 g/mol. The maximum Gasteiger partial charge on any atom is 0.323 e. The fourth-order valence-electron chi connectivity index (χ4n) is 2.01. The van der Waals surface area contributed by atoms with Gasteiger partial charge in [-0.1, -0.05) is 6.92 Å². The van der Waals surface area contributed by atoms with Crippen molar-refractivity contribution in [2.75, 3.05) is 33.9 Å². The molecule has 0 saturated heterocycles. The van der Waals surface area contributed by atoms with Crippen LogP contribution in [0.2, 0.25) is 0 Å². The lowest BCUT2D eigenvalue weighted by molar-refractivity contribution is -0.144. The highest BCUT2D eigenvalue weighted by Crippen LogP contribution is 2.13. The van der Waals surface area contributed by atoms with Gasteiger partial charge in [-0.05, 0) is 46.8 Å². The zero-order valence-corrected chi connectivity index (χ0v) is 12.3. The third kappa shape index (κ3) is 5.33. The van der Waals surface area contributed by atoms with Gasteiger partial charge in [-0.3, -0.25) is 9.69 Å². The zero-order valence-electron chi connectivity index (χ0n) is 12.3. The average molecular weight is 260 g/mol. The molecule has 5 heteroatoms. The SMILES string of the molecule is CCN(CCCC(C)(NC)C(=O)O)C(C)COC. The van der Waals surface area contributed by atoms with E-state index in [2.05, 4.69) is 24.1 Å². The minimum atomic E-state index is -0.829. The second-order valence-electron chi connectivity index (χ2n) is 4.92. The van der Waals surface area contributed by atoms with Gasteiger partial charge in [-0.25, -0.2) is 0 Å². The van der Waals surface area contributed by atoms with Crippen LogP contribution in [0.1, 0.15) is 33.6 Å². The van der Waals surface area contributed by atoms with Gasteiger partial charge in [0.05, 0.1) is 6.61 Å². The van der Waals surface area contributed by atoms with Gasteiger partial charge in [-0.2, -0.15) is 0 Å². The van der Waals surface area contributed by atoms with E-state index in [9.17, 15) is 4.79 Å². The molecule has 2 N–H and O–H groups in total. The largest absolute Gasteiger partial charge is 0.480 e. The Morgan fingerprint density at radius 1 is 1.56 bits per heavy atom. The van der Waals surface area contributed by atoms with Crippen LogP contribution in [0.4, 0.5) is 0 Å². The fraction of sp³-hybridized carbons (Fsp3) is 0.923. The molecule has 0 aliphatic heterocycles. The van der Waals surface area contributed by atoms with Crippen molar-refractivity contribution in [3.63, 3.8) is 0 Å². The van der Waals surface area contributed by atoms with Crippen LogP contribution in [0.5, 0.6) is 0 Å². The van der Waals surface area contributed by atoms with Crippen LogP contribution in [0.15, 0.2) is 0 Å². The predicted molar refractivity (Wildman–Crippen MR) is 72.9 cm³/mol. The van der Waals surface area contributed by atoms with Crippen molar-refractivity contribution in [2.24, 2.45) is 0 Å². The molecule has 2 unspecified atom stereocenters. The van der Waals surface area contributed by atoms with Crippen LogP contribution >= 0.6 is 0 Å². The number of nitrogens with zero attached hydrogens (tertiary/aromatic N) is 1. The van der Waals surface area contributed by atoms with E-state index in [4.69, 9.17) is 9.84 Å². The van der Waals surface area contributed by atoms with Crippen LogP contribution in [0.25, 0.3) is 0 Å². The van der Waals surface area contributed by atoms with Crippen molar-refractivity contribution in [3.05, 3.63) is 0 Å². The zero-order chi connectivity index (χ0) is 14.2. The van der Waals surface area contributed by atoms with Crippen molar-refractivity contribution in [1.82, 2.24) is 10.2 Å². The van der Waals surface area contributed by atoms with Gasteiger partial charge in [0.15, 0.2) is 0 Å². The Kier molecular flexibility index (Phi) is 8.15. The fourth-order valence-corrected chi connectivity index (χ4v) is 2.01. The number of carboxylic acids is 1. The predicted octanol–water partition coefficient (Wildman–Crippen LogP) is 1.19. The van der Waals surface area contributed by atoms with Crippen molar-refractivity contribution in [2.45, 2.75) is 45.2 Å². The molecule has 0 aromatic carbocycles. The van der Waals surface area contributed by atoms with E-state index in [1.807, 2.05) is 0 Å². The highest BCUT2D eigenvalue weighted by molar-refractivity contribution is 5.78. The van der Waals surface area contributed by atoms with Gasteiger partial charge in [0, 0.05) is 13.2 Å². The molecule has 0 aliphatic rings. The highest BCUT2D eigenvalue weighted by atomic mass is 16.5. The summed E-state index contributed by atoms with van der Waals surface area (Å²) in [6.07, 6.45) is 1.47. The summed E-state index contributed by atoms with van der Waals surface area (Å²) < 4.78 is 5.14. The summed E-state index contributed by atoms with van der Waals surface area (Å²) in [4.78, 5) is 13.4. The summed E-state index contributed by atoms with van der Waals surface area (Å²) in [5, 5.41) is 12.0. The Morgan fingerprint density at radius 3 is 2.56 bits per heavy atom. The lowest BCUT2D eigenvalue weighted by atomic mass is 9.96. The summed E-state index contributed by atoms with van der Waals surface area (Å²) in [6.45, 7) is 8.52. The molecule has 0 aromatic heterocycles. The molecule has 0 aliphatic carbocycles. The first kappa shape index (κ1) is 17.4. The molecular formula is C13H28N2O3. The maximum atomic E-state index is 11.1. The second kappa shape index (κ2) is 8.45. The number of hydrogen-bond donors (Lipinski definition) is 2. The first-order valence-corrected chi connectivity index (χ1v) is 6.56. The van der Waals surface area contributed by atoms with E-state index in [-0.39, 0.29) is 0 Å². The molecule has 0 aromatic rings. The third-order valence-electron chi connectivity index (χ3n) is 3.58. The van der Waals surface area contributed by atoms with Crippen molar-refractivity contribution in [3.8, 4) is 0 Å². The normalized spacial score (nSPS) is 16.6. The van der Waals surface area contributed by atoms with Crippen LogP contribution in [-0.2, 0) is 9.53 Å². The minimum absolute atomic E-state index is 0.366. The number of hydrogen-bond acceptors (Lipinski definition) is 4. The first-order valence-electron chi connectivity index (χ1n) is 6.56. The molecule has 0 radical (unpaired) electrons. The van der Waals surface area contributed by atoms with E-state index in [1.54, 1.807) is 21.1 Å². The molecule has 108 valence electrons. The molecule has 0 amide bonds. The molecule has 5 nitrogen and oxygen atoms in total. The summed E-state index contributed by atoms with van der Waals surface area (Å²) in [5.41, 5.74) is -0.829. The maximum absolute atomic E-state index is 11.1. The van der Waals surface area contributed by atoms with Gasteiger partial charge in [0.2, 0.25) is 0 Å². The number of methoxy groups -OCH3 is 1. The van der Waals surface area contributed by atoms with E-state index < -0.39 is 11.5 Å². The molecule has 0 rings (SSSR count). The summed E-state index contributed by atoms with van der Waals surface area (Å²) >= 11 is 0. The highest BCUT2D eigenvalue weighted by Gasteiger charge is 2.30. The number of ether oxygens (including phenoxy) is 1. The van der Waals surface area contributed by atoms with E-state index >= 15 is 0 Å². The molecular weight excluding hydrogens is 232 g/mol. The number of nitrogens with one attached hydrogen (secondary N) is 1. The number of rotatable bonds is 10. The van der Waals surface area contributed by atoms with Crippen LogP contribution in [-0.4, -0.2) is 61.4 Å². The van der Waals surface area contributed by atoms with Gasteiger partial charge >= 0.3 is 5.97 Å². The van der Waals surface area contributed by atoms with Gasteiger partial charge in [-0.15, -0.1) is 0 Å². The summed E-state index contributed by atoms with van der Waals surface area (Å²) in [7, 11) is 3.39. The topological polar surface area (TPSA) is 61.8 Å². The van der Waals surface area contributed by atoms with Crippen molar-refractivity contribution < 1.29 is 14.6 Å². The minimum Gasteiger partial charge on any atom is -0.480 e. The molecule has 2 atom stereocenters. The Labute approximate surface area is 110 Å². The number of carboxylic acid groups (broad SMARTS) is 1. The summed E-state index contributed by atoms with van der Waals surface area (Å²) in [6, 6.07) is 0.366.